The molecule has 2 aromatic carbocycles. The topological polar surface area (TPSA) is 96.1 Å². The Morgan fingerprint density at radius 3 is 2.50 bits per heavy atom. The summed E-state index contributed by atoms with van der Waals surface area (Å²) < 4.78 is 7.13. The number of morpholine rings is 1. The fourth-order valence-corrected chi connectivity index (χ4v) is 5.01. The van der Waals surface area contributed by atoms with Crippen molar-refractivity contribution >= 4 is 34.3 Å². The summed E-state index contributed by atoms with van der Waals surface area (Å²) in [5, 5.41) is 18.1. The van der Waals surface area contributed by atoms with Gasteiger partial charge in [0, 0.05) is 24.7 Å². The number of amides is 1. The van der Waals surface area contributed by atoms with Gasteiger partial charge in [0.25, 0.3) is 5.91 Å². The molecule has 0 spiro atoms. The highest BCUT2D eigenvalue weighted by Crippen LogP contribution is 2.35. The molecule has 1 fully saturated rings. The fraction of sp³-hybridized carbons (Fsp3) is 0.185. The van der Waals surface area contributed by atoms with Crippen LogP contribution in [0.25, 0.3) is 23.0 Å². The van der Waals surface area contributed by atoms with Gasteiger partial charge in [-0.15, -0.1) is 0 Å². The summed E-state index contributed by atoms with van der Waals surface area (Å²) in [7, 11) is 0. The number of nitrogens with one attached hydrogen (secondary N) is 1. The Bertz CT molecular complexity index is 1430. The van der Waals surface area contributed by atoms with Crippen molar-refractivity contribution in [3.05, 3.63) is 82.9 Å². The highest BCUT2D eigenvalue weighted by Gasteiger charge is 2.21. The molecule has 0 radical (unpaired) electrons. The van der Waals surface area contributed by atoms with Crippen molar-refractivity contribution in [1.29, 1.82) is 5.26 Å². The third-order valence-electron chi connectivity index (χ3n) is 5.69. The zero-order valence-corrected chi connectivity index (χ0v) is 20.5. The van der Waals surface area contributed by atoms with Crippen molar-refractivity contribution in [2.75, 3.05) is 36.5 Å². The summed E-state index contributed by atoms with van der Waals surface area (Å²) >= 11 is 1.47. The summed E-state index contributed by atoms with van der Waals surface area (Å²) in [4.78, 5) is 21.0. The second kappa shape index (κ2) is 10.6. The Morgan fingerprint density at radius 1 is 1.11 bits per heavy atom. The van der Waals surface area contributed by atoms with Gasteiger partial charge in [0.15, 0.2) is 5.13 Å². The van der Waals surface area contributed by atoms with Crippen molar-refractivity contribution in [2.45, 2.75) is 6.92 Å². The van der Waals surface area contributed by atoms with Crippen LogP contribution in [-0.2, 0) is 9.53 Å². The van der Waals surface area contributed by atoms with Gasteiger partial charge in [-0.05, 0) is 25.1 Å². The van der Waals surface area contributed by atoms with Crippen molar-refractivity contribution in [3.8, 4) is 23.0 Å². The molecule has 4 aromatic rings. The molecule has 1 saturated heterocycles. The Kier molecular flexibility index (Phi) is 6.89. The van der Waals surface area contributed by atoms with Gasteiger partial charge in [-0.2, -0.15) is 10.4 Å². The van der Waals surface area contributed by atoms with Gasteiger partial charge in [-0.1, -0.05) is 59.9 Å². The van der Waals surface area contributed by atoms with Crippen LogP contribution in [0.1, 0.15) is 10.6 Å². The number of nitriles is 1. The van der Waals surface area contributed by atoms with Gasteiger partial charge < -0.3 is 15.0 Å². The monoisotopic (exact) mass is 496 g/mol. The van der Waals surface area contributed by atoms with E-state index in [0.29, 0.717) is 19.0 Å². The van der Waals surface area contributed by atoms with Crippen LogP contribution in [0.5, 0.6) is 0 Å². The van der Waals surface area contributed by atoms with Crippen LogP contribution in [0.3, 0.4) is 0 Å². The minimum Gasteiger partial charge on any atom is -0.378 e. The molecule has 0 atom stereocenters. The summed E-state index contributed by atoms with van der Waals surface area (Å²) in [6.45, 7) is 4.64. The predicted octanol–water partition coefficient (Wildman–Crippen LogP) is 4.69. The Labute approximate surface area is 213 Å². The number of hydrogen-bond donors (Lipinski definition) is 1. The van der Waals surface area contributed by atoms with Crippen molar-refractivity contribution < 1.29 is 9.53 Å². The average Bonchev–Trinajstić information content (AvgIpc) is 3.52. The molecule has 1 aliphatic rings. The minimum absolute atomic E-state index is 0.0113. The van der Waals surface area contributed by atoms with E-state index in [1.807, 2.05) is 67.6 Å². The number of thiazole rings is 1. The molecule has 0 aliphatic carbocycles. The SMILES string of the molecule is Cc1cc(NC(=O)C(C#N)=Cc2sc(N3CCOCC3)nc2-c2ccccc2)n(-c2ccccc2)n1. The molecule has 1 aliphatic heterocycles. The van der Waals surface area contributed by atoms with Crippen LogP contribution in [0.4, 0.5) is 10.9 Å². The summed E-state index contributed by atoms with van der Waals surface area (Å²) in [6, 6.07) is 23.2. The first-order chi connectivity index (χ1) is 17.6. The predicted molar refractivity (Wildman–Crippen MR) is 141 cm³/mol. The number of ether oxygens (including phenoxy) is 1. The lowest BCUT2D eigenvalue weighted by molar-refractivity contribution is -0.112. The number of aryl methyl sites for hydroxylation is 1. The first-order valence-corrected chi connectivity index (χ1v) is 12.4. The lowest BCUT2D eigenvalue weighted by Gasteiger charge is -2.26. The highest BCUT2D eigenvalue weighted by atomic mass is 32.1. The number of carbonyl (C=O) groups excluding carboxylic acids is 1. The van der Waals surface area contributed by atoms with Crippen molar-refractivity contribution in [1.82, 2.24) is 14.8 Å². The van der Waals surface area contributed by atoms with Gasteiger partial charge in [-0.25, -0.2) is 9.67 Å². The maximum absolute atomic E-state index is 13.2. The average molecular weight is 497 g/mol. The summed E-state index contributed by atoms with van der Waals surface area (Å²) in [6.07, 6.45) is 1.62. The zero-order chi connectivity index (χ0) is 24.9. The molecule has 36 heavy (non-hydrogen) atoms. The zero-order valence-electron chi connectivity index (χ0n) is 19.7. The third-order valence-corrected chi connectivity index (χ3v) is 6.75. The molecule has 0 bridgehead atoms. The van der Waals surface area contributed by atoms with Crippen LogP contribution in [0.2, 0.25) is 0 Å². The summed E-state index contributed by atoms with van der Waals surface area (Å²) in [5.74, 6) is -0.0126. The first-order valence-electron chi connectivity index (χ1n) is 11.6. The van der Waals surface area contributed by atoms with E-state index in [1.54, 1.807) is 16.8 Å². The van der Waals surface area contributed by atoms with Crippen LogP contribution >= 0.6 is 11.3 Å². The van der Waals surface area contributed by atoms with Crippen LogP contribution in [0, 0.1) is 18.3 Å². The molecular formula is C27H24N6O2S. The van der Waals surface area contributed by atoms with E-state index >= 15 is 0 Å². The number of hydrogen-bond acceptors (Lipinski definition) is 7. The van der Waals surface area contributed by atoms with Crippen LogP contribution < -0.4 is 10.2 Å². The molecule has 2 aromatic heterocycles. The van der Waals surface area contributed by atoms with Crippen molar-refractivity contribution in [2.24, 2.45) is 0 Å². The second-order valence-corrected chi connectivity index (χ2v) is 9.23. The number of aromatic nitrogens is 3. The highest BCUT2D eigenvalue weighted by molar-refractivity contribution is 7.17. The molecular weight excluding hydrogens is 472 g/mol. The van der Waals surface area contributed by atoms with Gasteiger partial charge in [-0.3, -0.25) is 4.79 Å². The molecule has 9 heteroatoms. The van der Waals surface area contributed by atoms with E-state index < -0.39 is 5.91 Å². The van der Waals surface area contributed by atoms with E-state index in [0.717, 1.165) is 45.7 Å². The van der Waals surface area contributed by atoms with Crippen LogP contribution in [0.15, 0.2) is 72.3 Å². The lowest BCUT2D eigenvalue weighted by Crippen LogP contribution is -2.36. The largest absolute Gasteiger partial charge is 0.378 e. The van der Waals surface area contributed by atoms with Crippen LogP contribution in [-0.4, -0.2) is 47.0 Å². The van der Waals surface area contributed by atoms with E-state index in [1.165, 1.54) is 11.3 Å². The molecule has 0 saturated carbocycles. The standard InChI is InChI=1S/C27H24N6O2S/c1-19-16-24(33(31-19)22-10-6-3-7-11-22)29-26(34)21(18-28)17-23-25(20-8-4-2-5-9-20)30-27(36-23)32-12-14-35-15-13-32/h2-11,16-17H,12-15H2,1H3,(H,29,34). The fourth-order valence-electron chi connectivity index (χ4n) is 3.93. The Balaban J connectivity index is 1.48. The quantitative estimate of drug-likeness (QED) is 0.307. The van der Waals surface area contributed by atoms with E-state index in [4.69, 9.17) is 9.72 Å². The molecule has 8 nitrogen and oxygen atoms in total. The normalized spacial score (nSPS) is 13.9. The van der Waals surface area contributed by atoms with Crippen molar-refractivity contribution in [3.63, 3.8) is 0 Å². The molecule has 0 unspecified atom stereocenters. The van der Waals surface area contributed by atoms with E-state index in [9.17, 15) is 10.1 Å². The summed E-state index contributed by atoms with van der Waals surface area (Å²) in [5.41, 5.74) is 3.22. The number of benzene rings is 2. The third kappa shape index (κ3) is 5.05. The maximum Gasteiger partial charge on any atom is 0.267 e. The van der Waals surface area contributed by atoms with Gasteiger partial charge in [0.2, 0.25) is 0 Å². The maximum atomic E-state index is 13.2. The molecule has 5 rings (SSSR count). The Morgan fingerprint density at radius 2 is 1.81 bits per heavy atom. The number of para-hydroxylation sites is 1. The number of rotatable bonds is 6. The number of anilines is 2. The van der Waals surface area contributed by atoms with Gasteiger partial charge in [0.1, 0.15) is 17.5 Å². The molecule has 1 N–H and O–H groups in total. The first kappa shape index (κ1) is 23.5. The molecule has 1 amide bonds. The Hall–Kier alpha value is -4.26. The van der Waals surface area contributed by atoms with Gasteiger partial charge >= 0.3 is 0 Å². The van der Waals surface area contributed by atoms with Gasteiger partial charge in [0.05, 0.1) is 35.2 Å². The molecule has 3 heterocycles. The smallest absolute Gasteiger partial charge is 0.267 e. The minimum atomic E-state index is -0.505. The number of nitrogens with zero attached hydrogens (tertiary/aromatic N) is 5. The number of carbonyl (C=O) groups is 1. The second-order valence-electron chi connectivity index (χ2n) is 8.22. The van der Waals surface area contributed by atoms with E-state index in [-0.39, 0.29) is 5.57 Å². The lowest BCUT2D eigenvalue weighted by atomic mass is 10.1. The molecule has 180 valence electrons. The van der Waals surface area contributed by atoms with E-state index in [2.05, 4.69) is 21.4 Å².